The molecule has 0 bridgehead atoms. The number of anilines is 4. The molecule has 6 rings (SSSR count). The molecule has 18 nitrogen and oxygen atoms in total. The number of rotatable bonds is 24. The molecule has 0 fully saturated rings. The summed E-state index contributed by atoms with van der Waals surface area (Å²) in [5.41, 5.74) is 23.4. The van der Waals surface area contributed by atoms with Crippen LogP contribution in [0.2, 0.25) is 0 Å². The number of carbonyl (C=O) groups is 4. The van der Waals surface area contributed by atoms with Crippen molar-refractivity contribution in [3.05, 3.63) is 107 Å². The molecular formula is C49H59N9O9. The van der Waals surface area contributed by atoms with Crippen LogP contribution >= 0.6 is 0 Å². The number of nitrogens with two attached hydrogens (primary N) is 3. The van der Waals surface area contributed by atoms with E-state index in [0.717, 1.165) is 35.3 Å². The molecule has 0 unspecified atom stereocenters. The van der Waals surface area contributed by atoms with Crippen molar-refractivity contribution in [2.45, 2.75) is 39.5 Å². The number of hydrogen-bond donors (Lipinski definition) is 7. The monoisotopic (exact) mass is 917 g/mol. The second-order valence-electron chi connectivity index (χ2n) is 14.9. The summed E-state index contributed by atoms with van der Waals surface area (Å²) < 4.78 is 27.5. The summed E-state index contributed by atoms with van der Waals surface area (Å²) in [6.45, 7) is 6.33. The van der Waals surface area contributed by atoms with Crippen LogP contribution in [0.5, 0.6) is 23.0 Å². The predicted molar refractivity (Wildman–Crippen MR) is 259 cm³/mol. The molecule has 67 heavy (non-hydrogen) atoms. The first-order chi connectivity index (χ1) is 32.4. The Morgan fingerprint density at radius 2 is 1.01 bits per heavy atom. The largest absolute Gasteiger partial charge is 0.493 e. The lowest BCUT2D eigenvalue weighted by Gasteiger charge is -2.17. The molecular weight excluding hydrogens is 859 g/mol. The molecule has 0 aliphatic heterocycles. The van der Waals surface area contributed by atoms with Gasteiger partial charge in [0.25, 0.3) is 11.8 Å². The van der Waals surface area contributed by atoms with E-state index in [0.29, 0.717) is 95.3 Å². The van der Waals surface area contributed by atoms with Gasteiger partial charge in [-0.3, -0.25) is 29.1 Å². The highest BCUT2D eigenvalue weighted by Gasteiger charge is 2.20. The number of nitrogens with zero attached hydrogens (tertiary/aromatic N) is 2. The molecule has 6 aromatic rings. The van der Waals surface area contributed by atoms with Gasteiger partial charge in [0.15, 0.2) is 23.0 Å². The summed E-state index contributed by atoms with van der Waals surface area (Å²) in [5.74, 6) is 0.170. The van der Waals surface area contributed by atoms with Crippen LogP contribution in [-0.2, 0) is 27.2 Å². The molecule has 0 atom stereocenters. The van der Waals surface area contributed by atoms with Crippen molar-refractivity contribution in [2.75, 3.05) is 71.4 Å². The molecule has 2 heterocycles. The van der Waals surface area contributed by atoms with E-state index in [1.807, 2.05) is 48.5 Å². The van der Waals surface area contributed by atoms with Crippen LogP contribution in [0.1, 0.15) is 58.5 Å². The van der Waals surface area contributed by atoms with Gasteiger partial charge < -0.3 is 62.2 Å². The fourth-order valence-corrected chi connectivity index (χ4v) is 6.99. The quantitative estimate of drug-likeness (QED) is 0.0285. The predicted octanol–water partition coefficient (Wildman–Crippen LogP) is 5.67. The number of esters is 1. The molecule has 0 saturated heterocycles. The Morgan fingerprint density at radius 1 is 0.582 bits per heavy atom. The number of amides is 3. The van der Waals surface area contributed by atoms with Crippen LogP contribution < -0.4 is 57.4 Å². The lowest BCUT2D eigenvalue weighted by Crippen LogP contribution is -2.29. The van der Waals surface area contributed by atoms with Gasteiger partial charge in [0, 0.05) is 46.7 Å². The Kier molecular flexibility index (Phi) is 18.9. The molecule has 0 aliphatic carbocycles. The summed E-state index contributed by atoms with van der Waals surface area (Å²) in [7, 11) is 4.46. The number of aryl methyl sites for hydroxylation is 2. The Bertz CT molecular complexity index is 2680. The Balaban J connectivity index is 0.000000251. The molecule has 3 amide bonds. The molecule has 0 aliphatic rings. The Morgan fingerprint density at radius 3 is 1.40 bits per heavy atom. The number of methoxy groups -OCH3 is 3. The van der Waals surface area contributed by atoms with Crippen LogP contribution in [0, 0.1) is 0 Å². The van der Waals surface area contributed by atoms with Crippen molar-refractivity contribution >= 4 is 68.2 Å². The lowest BCUT2D eigenvalue weighted by atomic mass is 10.1. The van der Waals surface area contributed by atoms with Crippen molar-refractivity contribution in [3.8, 4) is 23.0 Å². The van der Waals surface area contributed by atoms with E-state index in [-0.39, 0.29) is 30.2 Å². The second-order valence-corrected chi connectivity index (χ2v) is 14.9. The SMILES string of the molecule is CCc1ccccc1Nc1c(C(N)=O)cnc2cc(OC)c(OCCCNCC(=O)OC)cc12.CCc1ccccc1Nc1c(C(N)=O)cnc2cc(OC)c(OCCCNCC(N)=O)cc12. The topological polar surface area (TPSA) is 266 Å². The van der Waals surface area contributed by atoms with Crippen molar-refractivity contribution in [2.24, 2.45) is 17.2 Å². The maximum Gasteiger partial charge on any atom is 0.319 e. The minimum absolute atomic E-state index is 0.120. The standard InChI is InChI=1S/C25H30N4O5.C24H29N5O4/c1-4-16-8-5-6-9-19(16)29-24-17-12-22(34-11-7-10-27-15-23(30)33-3)21(32-2)13-20(17)28-14-18(24)25(26)31;1-3-15-7-4-5-8-18(15)29-23-16-11-21(33-10-6-9-27-14-22(25)30)20(32-2)12-19(16)28-13-17(23)24(26)31/h5-6,8-9,12-14,27H,4,7,10-11,15H2,1-3H3,(H2,26,31)(H,28,29);4-5,7-8,11-13,27H,3,6,9-10,14H2,1-2H3,(H2,25,30)(H2,26,31)(H,28,29). The van der Waals surface area contributed by atoms with Gasteiger partial charge in [-0.25, -0.2) is 0 Å². The first kappa shape index (κ1) is 50.3. The zero-order chi connectivity index (χ0) is 48.3. The van der Waals surface area contributed by atoms with Gasteiger partial charge in [-0.1, -0.05) is 50.2 Å². The fourth-order valence-electron chi connectivity index (χ4n) is 6.99. The van der Waals surface area contributed by atoms with Crippen LogP contribution in [-0.4, -0.2) is 94.4 Å². The van der Waals surface area contributed by atoms with Crippen molar-refractivity contribution in [1.29, 1.82) is 0 Å². The number of ether oxygens (including phenoxy) is 5. The summed E-state index contributed by atoms with van der Waals surface area (Å²) in [6, 6.07) is 22.9. The molecule has 4 aromatic carbocycles. The van der Waals surface area contributed by atoms with Crippen LogP contribution in [0.25, 0.3) is 21.8 Å². The number of carbonyl (C=O) groups excluding carboxylic acids is 4. The van der Waals surface area contributed by atoms with Crippen molar-refractivity contribution in [3.63, 3.8) is 0 Å². The van der Waals surface area contributed by atoms with E-state index in [1.54, 1.807) is 38.5 Å². The summed E-state index contributed by atoms with van der Waals surface area (Å²) in [5, 5.41) is 14.1. The average molecular weight is 918 g/mol. The minimum Gasteiger partial charge on any atom is -0.493 e. The molecule has 2 aromatic heterocycles. The molecule has 18 heteroatoms. The van der Waals surface area contributed by atoms with E-state index >= 15 is 0 Å². The number of nitrogens with one attached hydrogen (secondary N) is 4. The van der Waals surface area contributed by atoms with Gasteiger partial charge in [-0.2, -0.15) is 0 Å². The highest BCUT2D eigenvalue weighted by Crippen LogP contribution is 2.39. The highest BCUT2D eigenvalue weighted by molar-refractivity contribution is 6.09. The first-order valence-corrected chi connectivity index (χ1v) is 21.8. The van der Waals surface area contributed by atoms with Gasteiger partial charge in [0.2, 0.25) is 5.91 Å². The van der Waals surface area contributed by atoms with Crippen LogP contribution in [0.4, 0.5) is 22.7 Å². The van der Waals surface area contributed by atoms with Crippen LogP contribution in [0.3, 0.4) is 0 Å². The summed E-state index contributed by atoms with van der Waals surface area (Å²) in [6.07, 6.45) is 5.89. The normalized spacial score (nSPS) is 10.7. The zero-order valence-corrected chi connectivity index (χ0v) is 38.5. The third-order valence-corrected chi connectivity index (χ3v) is 10.5. The van der Waals surface area contributed by atoms with Gasteiger partial charge in [0.05, 0.1) is 81.2 Å². The lowest BCUT2D eigenvalue weighted by molar-refractivity contribution is -0.139. The van der Waals surface area contributed by atoms with Crippen molar-refractivity contribution in [1.82, 2.24) is 20.6 Å². The van der Waals surface area contributed by atoms with Gasteiger partial charge in [-0.05, 0) is 74.2 Å². The number of primary amides is 3. The van der Waals surface area contributed by atoms with E-state index < -0.39 is 17.7 Å². The van der Waals surface area contributed by atoms with Gasteiger partial charge in [0.1, 0.15) is 0 Å². The number of aromatic nitrogens is 2. The molecule has 0 spiro atoms. The second kappa shape index (κ2) is 25.1. The molecule has 10 N–H and O–H groups in total. The smallest absolute Gasteiger partial charge is 0.319 e. The zero-order valence-electron chi connectivity index (χ0n) is 38.5. The number of hydrogen-bond acceptors (Lipinski definition) is 15. The van der Waals surface area contributed by atoms with Crippen LogP contribution in [0.15, 0.2) is 85.2 Å². The summed E-state index contributed by atoms with van der Waals surface area (Å²) in [4.78, 5) is 55.2. The van der Waals surface area contributed by atoms with E-state index in [2.05, 4.69) is 49.8 Å². The third kappa shape index (κ3) is 13.7. The van der Waals surface area contributed by atoms with Crippen molar-refractivity contribution < 1.29 is 42.9 Å². The fraction of sp³-hybridized carbons (Fsp3) is 0.306. The maximum absolute atomic E-state index is 12.2. The molecule has 354 valence electrons. The Hall–Kier alpha value is -7.70. The van der Waals surface area contributed by atoms with E-state index in [4.69, 9.17) is 36.1 Å². The minimum atomic E-state index is -0.584. The average Bonchev–Trinajstić information content (AvgIpc) is 3.33. The number of para-hydroxylation sites is 2. The van der Waals surface area contributed by atoms with E-state index in [1.165, 1.54) is 19.5 Å². The third-order valence-electron chi connectivity index (χ3n) is 10.5. The summed E-state index contributed by atoms with van der Waals surface area (Å²) >= 11 is 0. The number of fused-ring (bicyclic) bond motifs is 2. The maximum atomic E-state index is 12.2. The first-order valence-electron chi connectivity index (χ1n) is 21.8. The van der Waals surface area contributed by atoms with Gasteiger partial charge >= 0.3 is 5.97 Å². The number of benzene rings is 4. The Labute approximate surface area is 389 Å². The molecule has 0 radical (unpaired) electrons. The van der Waals surface area contributed by atoms with E-state index in [9.17, 15) is 19.2 Å². The highest BCUT2D eigenvalue weighted by atomic mass is 16.5. The van der Waals surface area contributed by atoms with Gasteiger partial charge in [-0.15, -0.1) is 0 Å². The molecule has 0 saturated carbocycles. The number of pyridine rings is 2.